The van der Waals surface area contributed by atoms with E-state index in [2.05, 4.69) is 0 Å². The van der Waals surface area contributed by atoms with Crippen LogP contribution in [0.3, 0.4) is 0 Å². The summed E-state index contributed by atoms with van der Waals surface area (Å²) in [5, 5.41) is 0. The number of hydrogen-bond acceptors (Lipinski definition) is 1. The number of hydrogen-bond donors (Lipinski definition) is 0. The van der Waals surface area contributed by atoms with Crippen LogP contribution in [0.15, 0.2) is 0 Å². The van der Waals surface area contributed by atoms with Gasteiger partial charge in [-0.15, -0.1) is 0 Å². The molecule has 0 unspecified atom stereocenters. The second-order valence-electron chi connectivity index (χ2n) is 0. The van der Waals surface area contributed by atoms with Gasteiger partial charge < -0.3 is 0 Å². The van der Waals surface area contributed by atoms with Crippen LogP contribution in [-0.4, -0.2) is 77.1 Å². The quantitative estimate of drug-likeness (QED) is 0.302. The van der Waals surface area contributed by atoms with Crippen LogP contribution in [0, 0.1) is 0 Å². The van der Waals surface area contributed by atoms with E-state index in [1.165, 1.54) is 0 Å². The van der Waals surface area contributed by atoms with Crippen molar-refractivity contribution in [2.24, 2.45) is 0 Å². The van der Waals surface area contributed by atoms with Crippen molar-refractivity contribution in [2.45, 2.75) is 0 Å². The molecule has 0 bridgehead atoms. The van der Waals surface area contributed by atoms with Crippen LogP contribution in [0.25, 0.3) is 0 Å². The molecule has 0 aromatic heterocycles. The van der Waals surface area contributed by atoms with Crippen molar-refractivity contribution in [3.63, 3.8) is 0 Å². The fraction of sp³-hybridized carbons (Fsp3) is 0. The van der Waals surface area contributed by atoms with Crippen molar-refractivity contribution in [1.82, 2.24) is 0 Å². The third-order valence-corrected chi connectivity index (χ3v) is 0. The Morgan fingerprint density at radius 1 is 1.00 bits per heavy atom. The summed E-state index contributed by atoms with van der Waals surface area (Å²) in [5.41, 5.74) is 0. The summed E-state index contributed by atoms with van der Waals surface area (Å²) in [5.74, 6) is 0. The number of rotatable bonds is 0. The summed E-state index contributed by atoms with van der Waals surface area (Å²) >= 11 is 0.194. The molecule has 4 heavy (non-hydrogen) atoms. The first-order valence-corrected chi connectivity index (χ1v) is 1.60. The topological polar surface area (TPSA) is 17.1 Å². The molecule has 4 heteroatoms. The van der Waals surface area contributed by atoms with Gasteiger partial charge in [0.05, 0.1) is 0 Å². The van der Waals surface area contributed by atoms with Gasteiger partial charge in [0, 0.05) is 52.4 Å². The van der Waals surface area contributed by atoms with Crippen molar-refractivity contribution in [1.29, 1.82) is 0 Å². The first-order valence-electron chi connectivity index (χ1n) is 0.183. The molecule has 0 aromatic rings. The first kappa shape index (κ1) is 16.1. The molecule has 0 rings (SSSR count). The molecule has 21 valence electrons. The standard InChI is InChI=1S/3Bi.O. The van der Waals surface area contributed by atoms with Gasteiger partial charge in [-0.25, -0.2) is 0 Å². The van der Waals surface area contributed by atoms with Crippen molar-refractivity contribution >= 4 is 77.1 Å². The van der Waals surface area contributed by atoms with E-state index in [9.17, 15) is 0 Å². The summed E-state index contributed by atoms with van der Waals surface area (Å²) in [6.45, 7) is 0. The maximum atomic E-state index is 8.36. The van der Waals surface area contributed by atoms with Gasteiger partial charge in [0.1, 0.15) is 0 Å². The Labute approximate surface area is 78.5 Å². The van der Waals surface area contributed by atoms with Crippen LogP contribution in [0.2, 0.25) is 0 Å². The summed E-state index contributed by atoms with van der Waals surface area (Å²) in [6.07, 6.45) is 0. The predicted octanol–water partition coefficient (Wildman–Crippen LogP) is -1.26. The second-order valence-corrected chi connectivity index (χ2v) is 0. The van der Waals surface area contributed by atoms with Gasteiger partial charge in [-0.05, 0) is 0 Å². The van der Waals surface area contributed by atoms with Crippen LogP contribution in [-0.2, 0) is 2.81 Å². The molecule has 0 aliphatic carbocycles. The summed E-state index contributed by atoms with van der Waals surface area (Å²) in [4.78, 5) is 0. The van der Waals surface area contributed by atoms with Crippen LogP contribution in [0.5, 0.6) is 0 Å². The normalized spacial score (nSPS) is 1.00. The minimum absolute atomic E-state index is 0. The van der Waals surface area contributed by atoms with Crippen molar-refractivity contribution in [3.05, 3.63) is 0 Å². The summed E-state index contributed by atoms with van der Waals surface area (Å²) in [7, 11) is 0. The fourth-order valence-corrected chi connectivity index (χ4v) is 0. The SMILES string of the molecule is [Bi].[Bi].[O]=[Bi]. The minimum atomic E-state index is 0. The van der Waals surface area contributed by atoms with E-state index >= 15 is 0 Å². The second kappa shape index (κ2) is 18.0. The first-order chi connectivity index (χ1) is 1.00. The zero-order valence-corrected chi connectivity index (χ0v) is 12.2. The Kier molecular flexibility index (Phi) is 72.4. The molecule has 0 atom stereocenters. The molecule has 0 amide bonds. The Morgan fingerprint density at radius 3 is 1.00 bits per heavy atom. The third kappa shape index (κ3) is 8.82. The summed E-state index contributed by atoms with van der Waals surface area (Å²) < 4.78 is 8.36. The van der Waals surface area contributed by atoms with Crippen molar-refractivity contribution in [2.75, 3.05) is 0 Å². The molecule has 0 aromatic carbocycles. The van der Waals surface area contributed by atoms with E-state index in [1.54, 1.807) is 0 Å². The van der Waals surface area contributed by atoms with Gasteiger partial charge in [-0.1, -0.05) is 0 Å². The van der Waals surface area contributed by atoms with Crippen LogP contribution < -0.4 is 0 Å². The molecular weight excluding hydrogens is 643 g/mol. The average Bonchev–Trinajstić information content (AvgIpc) is 1.00. The van der Waals surface area contributed by atoms with Gasteiger partial charge in [0.15, 0.2) is 0 Å². The van der Waals surface area contributed by atoms with Crippen LogP contribution in [0.1, 0.15) is 0 Å². The molecule has 0 spiro atoms. The van der Waals surface area contributed by atoms with Gasteiger partial charge in [0.2, 0.25) is 0 Å². The Bertz CT molecular complexity index is 3.25. The Balaban J connectivity index is -0.00000000500. The fourth-order valence-electron chi connectivity index (χ4n) is 0. The Morgan fingerprint density at radius 2 is 1.00 bits per heavy atom. The predicted molar refractivity (Wildman–Crippen MR) is 17.9 cm³/mol. The van der Waals surface area contributed by atoms with Crippen LogP contribution in [0.4, 0.5) is 0 Å². The molecule has 0 N–H and O–H groups in total. The molecule has 1 nitrogen and oxygen atoms in total. The van der Waals surface area contributed by atoms with Gasteiger partial charge in [0.25, 0.3) is 0 Å². The van der Waals surface area contributed by atoms with E-state index in [0.29, 0.717) is 0 Å². The van der Waals surface area contributed by atoms with E-state index in [0.717, 1.165) is 0 Å². The van der Waals surface area contributed by atoms with Gasteiger partial charge >= 0.3 is 27.5 Å². The zero-order valence-electron chi connectivity index (χ0n) is 1.75. The average molecular weight is 643 g/mol. The molecule has 7 radical (unpaired) electrons. The molecule has 0 saturated heterocycles. The zero-order chi connectivity index (χ0) is 2.00. The molecule has 0 aliphatic heterocycles. The van der Waals surface area contributed by atoms with E-state index in [-0.39, 0.29) is 77.1 Å². The Hall–Kier alpha value is 2.45. The molecule has 0 fully saturated rings. The van der Waals surface area contributed by atoms with Crippen molar-refractivity contribution in [3.8, 4) is 0 Å². The molecular formula is Bi3O. The van der Waals surface area contributed by atoms with Gasteiger partial charge in [-0.3, -0.25) is 0 Å². The molecule has 0 saturated carbocycles. The monoisotopic (exact) mass is 643 g/mol. The van der Waals surface area contributed by atoms with Gasteiger partial charge in [-0.2, -0.15) is 0 Å². The molecule has 0 aliphatic rings. The van der Waals surface area contributed by atoms with E-state index in [4.69, 9.17) is 2.81 Å². The van der Waals surface area contributed by atoms with Crippen molar-refractivity contribution < 1.29 is 2.81 Å². The van der Waals surface area contributed by atoms with E-state index < -0.39 is 0 Å². The maximum absolute atomic E-state index is 8.36. The summed E-state index contributed by atoms with van der Waals surface area (Å²) in [6, 6.07) is 0. The van der Waals surface area contributed by atoms with Crippen LogP contribution >= 0.6 is 0 Å². The van der Waals surface area contributed by atoms with E-state index in [1.807, 2.05) is 0 Å². The molecule has 0 heterocycles. The third-order valence-electron chi connectivity index (χ3n) is 0.